The summed E-state index contributed by atoms with van der Waals surface area (Å²) in [7, 11) is 0. The van der Waals surface area contributed by atoms with E-state index < -0.39 is 16.6 Å². The second-order valence-electron chi connectivity index (χ2n) is 12.8. The molecule has 2 aliphatic rings. The van der Waals surface area contributed by atoms with Gasteiger partial charge < -0.3 is 30.0 Å². The molecule has 8 nitrogen and oxygen atoms in total. The van der Waals surface area contributed by atoms with E-state index in [1.807, 2.05) is 48.5 Å². The van der Waals surface area contributed by atoms with Gasteiger partial charge in [0.15, 0.2) is 0 Å². The van der Waals surface area contributed by atoms with Crippen LogP contribution in [0.15, 0.2) is 66.9 Å². The zero-order chi connectivity index (χ0) is 32.2. The van der Waals surface area contributed by atoms with Gasteiger partial charge >= 0.3 is 5.97 Å². The van der Waals surface area contributed by atoms with E-state index in [1.165, 1.54) is 0 Å². The van der Waals surface area contributed by atoms with Crippen LogP contribution in [0.4, 0.5) is 0 Å². The molecule has 2 unspecified atom stereocenters. The molecular formula is C36H44ClN3O5. The molecule has 3 heterocycles. The SMILES string of the molecule is CCOC(=O)COCC1(C)CN(CC/C=C2/c3cc(C(C)(C)O)ccc3OCc3ncccc32)CCC1(N)c1ccc(Cl)cc1. The number of pyridine rings is 1. The van der Waals surface area contributed by atoms with E-state index in [4.69, 9.17) is 31.5 Å². The summed E-state index contributed by atoms with van der Waals surface area (Å²) in [6, 6.07) is 17.6. The summed E-state index contributed by atoms with van der Waals surface area (Å²) in [5, 5.41) is 11.4. The topological polar surface area (TPSA) is 107 Å². The molecular weight excluding hydrogens is 590 g/mol. The molecule has 0 bridgehead atoms. The van der Waals surface area contributed by atoms with Crippen molar-refractivity contribution in [2.75, 3.05) is 39.5 Å². The van der Waals surface area contributed by atoms with Crippen molar-refractivity contribution in [2.24, 2.45) is 11.1 Å². The molecule has 1 saturated heterocycles. The number of hydrogen-bond donors (Lipinski definition) is 2. The fraction of sp³-hybridized carbons (Fsp3) is 0.444. The molecule has 1 aromatic heterocycles. The van der Waals surface area contributed by atoms with E-state index in [9.17, 15) is 9.90 Å². The molecule has 3 N–H and O–H groups in total. The molecule has 1 fully saturated rings. The van der Waals surface area contributed by atoms with Crippen LogP contribution in [0.2, 0.25) is 5.02 Å². The molecule has 45 heavy (non-hydrogen) atoms. The fourth-order valence-corrected chi connectivity index (χ4v) is 6.59. The lowest BCUT2D eigenvalue weighted by molar-refractivity contribution is -0.151. The number of carbonyl (C=O) groups is 1. The predicted molar refractivity (Wildman–Crippen MR) is 176 cm³/mol. The molecule has 2 atom stereocenters. The maximum Gasteiger partial charge on any atom is 0.332 e. The normalized spacial score (nSPS) is 22.7. The number of fused-ring (bicyclic) bond motifs is 2. The number of esters is 1. The Morgan fingerprint density at radius 3 is 2.71 bits per heavy atom. The van der Waals surface area contributed by atoms with Crippen LogP contribution in [0.3, 0.4) is 0 Å². The lowest BCUT2D eigenvalue weighted by Crippen LogP contribution is -2.63. The molecule has 0 spiro atoms. The Hall–Kier alpha value is -3.27. The van der Waals surface area contributed by atoms with E-state index in [0.717, 1.165) is 58.8 Å². The highest BCUT2D eigenvalue weighted by molar-refractivity contribution is 6.30. The third-order valence-corrected chi connectivity index (χ3v) is 9.34. The highest BCUT2D eigenvalue weighted by Gasteiger charge is 2.50. The first-order valence-electron chi connectivity index (χ1n) is 15.6. The summed E-state index contributed by atoms with van der Waals surface area (Å²) < 4.78 is 17.2. The van der Waals surface area contributed by atoms with Gasteiger partial charge in [0.25, 0.3) is 0 Å². The summed E-state index contributed by atoms with van der Waals surface area (Å²) in [5.74, 6) is 0.386. The minimum absolute atomic E-state index is 0.117. The smallest absolute Gasteiger partial charge is 0.332 e. The van der Waals surface area contributed by atoms with Crippen LogP contribution in [-0.4, -0.2) is 60.4 Å². The van der Waals surface area contributed by atoms with Crippen LogP contribution in [0.5, 0.6) is 5.75 Å². The van der Waals surface area contributed by atoms with E-state index in [-0.39, 0.29) is 12.6 Å². The second-order valence-corrected chi connectivity index (χ2v) is 13.3. The first kappa shape index (κ1) is 33.1. The number of carbonyl (C=O) groups excluding carboxylic acids is 1. The van der Waals surface area contributed by atoms with E-state index in [0.29, 0.717) is 37.8 Å². The van der Waals surface area contributed by atoms with E-state index >= 15 is 0 Å². The largest absolute Gasteiger partial charge is 0.487 e. The second kappa shape index (κ2) is 13.6. The molecule has 0 aliphatic carbocycles. The number of aliphatic hydroxyl groups is 1. The third kappa shape index (κ3) is 7.26. The highest BCUT2D eigenvalue weighted by Crippen LogP contribution is 2.45. The number of nitrogens with zero attached hydrogens (tertiary/aromatic N) is 2. The van der Waals surface area contributed by atoms with Crippen molar-refractivity contribution in [1.82, 2.24) is 9.88 Å². The number of nitrogens with two attached hydrogens (primary N) is 1. The lowest BCUT2D eigenvalue weighted by Gasteiger charge is -2.53. The number of ether oxygens (including phenoxy) is 3. The number of rotatable bonds is 10. The summed E-state index contributed by atoms with van der Waals surface area (Å²) >= 11 is 6.21. The predicted octanol–water partition coefficient (Wildman–Crippen LogP) is 5.82. The molecule has 9 heteroatoms. The van der Waals surface area contributed by atoms with Crippen LogP contribution >= 0.6 is 11.6 Å². The Kier molecular flexibility index (Phi) is 10.0. The number of piperidine rings is 1. The Balaban J connectivity index is 1.40. The number of likely N-dealkylation sites (tertiary alicyclic amines) is 1. The van der Waals surface area contributed by atoms with Gasteiger partial charge in [-0.1, -0.05) is 48.9 Å². The van der Waals surface area contributed by atoms with Gasteiger partial charge in [0.05, 0.1) is 30.0 Å². The van der Waals surface area contributed by atoms with Gasteiger partial charge in [-0.05, 0) is 80.6 Å². The third-order valence-electron chi connectivity index (χ3n) is 9.09. The Labute approximate surface area is 271 Å². The first-order valence-corrected chi connectivity index (χ1v) is 16.0. The number of halogens is 1. The van der Waals surface area contributed by atoms with Gasteiger partial charge in [-0.25, -0.2) is 4.79 Å². The molecule has 5 rings (SSSR count). The van der Waals surface area contributed by atoms with Gasteiger partial charge in [0.2, 0.25) is 0 Å². The zero-order valence-corrected chi connectivity index (χ0v) is 27.4. The van der Waals surface area contributed by atoms with Gasteiger partial charge in [-0.2, -0.15) is 0 Å². The van der Waals surface area contributed by atoms with Crippen molar-refractivity contribution in [3.8, 4) is 5.75 Å². The van der Waals surface area contributed by atoms with Crippen LogP contribution in [0.1, 0.15) is 68.5 Å². The quantitative estimate of drug-likeness (QED) is 0.269. The van der Waals surface area contributed by atoms with Crippen molar-refractivity contribution in [1.29, 1.82) is 0 Å². The minimum Gasteiger partial charge on any atom is -0.487 e. The Bertz CT molecular complexity index is 1540. The Morgan fingerprint density at radius 2 is 1.98 bits per heavy atom. The molecule has 3 aromatic rings. The first-order chi connectivity index (χ1) is 21.4. The van der Waals surface area contributed by atoms with Crippen molar-refractivity contribution in [3.63, 3.8) is 0 Å². The minimum atomic E-state index is -0.989. The molecule has 2 aliphatic heterocycles. The summed E-state index contributed by atoms with van der Waals surface area (Å²) in [4.78, 5) is 19.1. The van der Waals surface area contributed by atoms with Crippen molar-refractivity contribution >= 4 is 23.1 Å². The monoisotopic (exact) mass is 633 g/mol. The lowest BCUT2D eigenvalue weighted by atomic mass is 9.63. The molecule has 0 saturated carbocycles. The average molecular weight is 634 g/mol. The maximum atomic E-state index is 12.1. The van der Waals surface area contributed by atoms with E-state index in [1.54, 1.807) is 27.0 Å². The van der Waals surface area contributed by atoms with Crippen molar-refractivity contribution < 1.29 is 24.1 Å². The number of benzene rings is 2. The van der Waals surface area contributed by atoms with Crippen molar-refractivity contribution in [3.05, 3.63) is 99.8 Å². The van der Waals surface area contributed by atoms with Crippen molar-refractivity contribution in [2.45, 2.75) is 58.3 Å². The average Bonchev–Trinajstić information content (AvgIpc) is 3.15. The van der Waals surface area contributed by atoms with Crippen LogP contribution < -0.4 is 10.5 Å². The summed E-state index contributed by atoms with van der Waals surface area (Å²) in [6.07, 6.45) is 5.52. The maximum absolute atomic E-state index is 12.1. The van der Waals surface area contributed by atoms with Gasteiger partial charge in [0, 0.05) is 47.4 Å². The van der Waals surface area contributed by atoms with Gasteiger partial charge in [-0.3, -0.25) is 4.98 Å². The van der Waals surface area contributed by atoms with Crippen LogP contribution in [0, 0.1) is 5.41 Å². The molecule has 0 amide bonds. The standard InChI is InChI=1S/C36H44ClN3O5/c1-5-44-33(41)22-43-24-35(4)23-40(19-16-36(35,38)25-10-13-27(37)14-11-25)18-7-9-28-29-8-6-17-39-31(29)21-45-32-15-12-26(20-30(28)32)34(2,3)42/h6,8-15,17,20,42H,5,7,16,18-19,21-24,38H2,1-4H3/b28-9+. The molecule has 240 valence electrons. The number of hydrogen-bond acceptors (Lipinski definition) is 8. The fourth-order valence-electron chi connectivity index (χ4n) is 6.47. The van der Waals surface area contributed by atoms with Crippen LogP contribution in [-0.2, 0) is 32.0 Å². The van der Waals surface area contributed by atoms with Crippen LogP contribution in [0.25, 0.3) is 5.57 Å². The Morgan fingerprint density at radius 1 is 1.20 bits per heavy atom. The highest BCUT2D eigenvalue weighted by atomic mass is 35.5. The van der Waals surface area contributed by atoms with E-state index in [2.05, 4.69) is 29.0 Å². The summed E-state index contributed by atoms with van der Waals surface area (Å²) in [5.41, 5.74) is 10.8. The zero-order valence-electron chi connectivity index (χ0n) is 26.6. The summed E-state index contributed by atoms with van der Waals surface area (Å²) in [6.45, 7) is 10.6. The molecule has 2 aromatic carbocycles. The van der Waals surface area contributed by atoms with Gasteiger partial charge in [-0.15, -0.1) is 0 Å². The van der Waals surface area contributed by atoms with Gasteiger partial charge in [0.1, 0.15) is 19.0 Å². The molecule has 0 radical (unpaired) electrons. The number of aromatic nitrogens is 1.